The summed E-state index contributed by atoms with van der Waals surface area (Å²) in [5, 5.41) is 2.49. The summed E-state index contributed by atoms with van der Waals surface area (Å²) in [5.41, 5.74) is 4.97. The van der Waals surface area contributed by atoms with Crippen LogP contribution < -0.4 is 11.1 Å². The maximum absolute atomic E-state index is 12.7. The Labute approximate surface area is 150 Å². The smallest absolute Gasteiger partial charge is 0.445 e. The van der Waals surface area contributed by atoms with Crippen LogP contribution in [0.2, 0.25) is 0 Å². The van der Waals surface area contributed by atoms with Gasteiger partial charge in [-0.05, 0) is 32.4 Å². The third-order valence-corrected chi connectivity index (χ3v) is 3.40. The molecule has 6 nitrogen and oxygen atoms in total. The van der Waals surface area contributed by atoms with E-state index in [-0.39, 0.29) is 32.7 Å². The minimum Gasteiger partial charge on any atom is -0.445 e. The van der Waals surface area contributed by atoms with Crippen LogP contribution in [0.4, 0.5) is 18.0 Å². The predicted molar refractivity (Wildman–Crippen MR) is 90.1 cm³/mol. The molecule has 1 aromatic rings. The quantitative estimate of drug-likeness (QED) is 0.731. The van der Waals surface area contributed by atoms with Gasteiger partial charge in [-0.25, -0.2) is 4.79 Å². The zero-order valence-corrected chi connectivity index (χ0v) is 14.8. The minimum absolute atomic E-state index is 0.0289. The van der Waals surface area contributed by atoms with E-state index in [0.717, 1.165) is 5.56 Å². The van der Waals surface area contributed by atoms with Gasteiger partial charge < -0.3 is 20.7 Å². The summed E-state index contributed by atoms with van der Waals surface area (Å²) in [4.78, 5) is 24.1. The summed E-state index contributed by atoms with van der Waals surface area (Å²) in [6.07, 6.45) is -5.55. The van der Waals surface area contributed by atoms with Gasteiger partial charge in [0.25, 0.3) is 0 Å². The van der Waals surface area contributed by atoms with Crippen molar-refractivity contribution in [1.29, 1.82) is 0 Å². The number of benzene rings is 1. The van der Waals surface area contributed by atoms with Crippen molar-refractivity contribution in [3.63, 3.8) is 0 Å². The lowest BCUT2D eigenvalue weighted by molar-refractivity contribution is -0.186. The molecule has 26 heavy (non-hydrogen) atoms. The lowest BCUT2D eigenvalue weighted by Crippen LogP contribution is -2.55. The first kappa shape index (κ1) is 21.8. The number of nitrogens with zero attached hydrogens (tertiary/aromatic N) is 1. The van der Waals surface area contributed by atoms with Crippen molar-refractivity contribution in [3.8, 4) is 0 Å². The zero-order valence-electron chi connectivity index (χ0n) is 14.8. The molecule has 0 saturated heterocycles. The van der Waals surface area contributed by atoms with E-state index in [2.05, 4.69) is 5.32 Å². The first-order chi connectivity index (χ1) is 12.0. The average molecular weight is 375 g/mol. The summed E-state index contributed by atoms with van der Waals surface area (Å²) in [7, 11) is 0. The molecule has 0 radical (unpaired) electrons. The van der Waals surface area contributed by atoms with Gasteiger partial charge in [0.15, 0.2) is 0 Å². The van der Waals surface area contributed by atoms with Gasteiger partial charge in [0.05, 0.1) is 5.54 Å². The van der Waals surface area contributed by atoms with Crippen molar-refractivity contribution in [2.24, 2.45) is 5.73 Å². The average Bonchev–Trinajstić information content (AvgIpc) is 2.55. The van der Waals surface area contributed by atoms with Crippen LogP contribution in [0.15, 0.2) is 30.3 Å². The van der Waals surface area contributed by atoms with Crippen molar-refractivity contribution in [2.45, 2.75) is 38.6 Å². The molecule has 0 aliphatic heterocycles. The molecular formula is C17H24F3N3O3. The Hall–Kier alpha value is -2.29. The number of carbonyl (C=O) groups excluding carboxylic acids is 2. The summed E-state index contributed by atoms with van der Waals surface area (Å²) in [6.45, 7) is 2.71. The number of halogens is 3. The van der Waals surface area contributed by atoms with E-state index in [1.807, 2.05) is 6.07 Å². The molecule has 0 atom stereocenters. The summed E-state index contributed by atoms with van der Waals surface area (Å²) in [6, 6.07) is 8.95. The number of rotatable bonds is 8. The lowest BCUT2D eigenvalue weighted by atomic mass is 10.0. The molecule has 9 heteroatoms. The SMILES string of the molecule is CC(C)(CN(CCCN)C(=O)C(F)(F)F)NC(=O)OCc1ccccc1. The van der Waals surface area contributed by atoms with Crippen molar-refractivity contribution in [3.05, 3.63) is 35.9 Å². The fourth-order valence-electron chi connectivity index (χ4n) is 2.27. The van der Waals surface area contributed by atoms with E-state index in [0.29, 0.717) is 4.90 Å². The Morgan fingerprint density at radius 1 is 1.19 bits per heavy atom. The predicted octanol–water partition coefficient (Wildman–Crippen LogP) is 2.43. The normalized spacial score (nSPS) is 11.8. The van der Waals surface area contributed by atoms with Crippen LogP contribution >= 0.6 is 0 Å². The van der Waals surface area contributed by atoms with E-state index < -0.39 is 23.7 Å². The van der Waals surface area contributed by atoms with Crippen molar-refractivity contribution in [2.75, 3.05) is 19.6 Å². The molecule has 0 aliphatic carbocycles. The highest BCUT2D eigenvalue weighted by Crippen LogP contribution is 2.20. The summed E-state index contributed by atoms with van der Waals surface area (Å²) in [5.74, 6) is -1.96. The van der Waals surface area contributed by atoms with E-state index in [9.17, 15) is 22.8 Å². The Kier molecular flexibility index (Phi) is 7.88. The number of amides is 2. The number of alkyl carbamates (subject to hydrolysis) is 1. The van der Waals surface area contributed by atoms with Gasteiger partial charge in [0, 0.05) is 13.1 Å². The molecule has 3 N–H and O–H groups in total. The van der Waals surface area contributed by atoms with E-state index in [4.69, 9.17) is 10.5 Å². The topological polar surface area (TPSA) is 84.7 Å². The van der Waals surface area contributed by atoms with Gasteiger partial charge >= 0.3 is 18.2 Å². The molecule has 146 valence electrons. The molecule has 0 bridgehead atoms. The molecule has 0 fully saturated rings. The molecule has 0 aliphatic rings. The Balaban J connectivity index is 2.64. The van der Waals surface area contributed by atoms with Gasteiger partial charge in [-0.2, -0.15) is 13.2 Å². The van der Waals surface area contributed by atoms with Crippen molar-refractivity contribution >= 4 is 12.0 Å². The molecule has 0 saturated carbocycles. The highest BCUT2D eigenvalue weighted by Gasteiger charge is 2.43. The second-order valence-corrected chi connectivity index (χ2v) is 6.44. The number of nitrogens with one attached hydrogen (secondary N) is 1. The number of nitrogens with two attached hydrogens (primary N) is 1. The van der Waals surface area contributed by atoms with Crippen molar-refractivity contribution < 1.29 is 27.5 Å². The number of ether oxygens (including phenoxy) is 1. The maximum atomic E-state index is 12.7. The number of alkyl halides is 3. The van der Waals surface area contributed by atoms with Crippen LogP contribution in [0.3, 0.4) is 0 Å². The molecule has 0 heterocycles. The highest BCUT2D eigenvalue weighted by atomic mass is 19.4. The largest absolute Gasteiger partial charge is 0.471 e. The summed E-state index contributed by atoms with van der Waals surface area (Å²) < 4.78 is 43.3. The lowest BCUT2D eigenvalue weighted by Gasteiger charge is -2.33. The standard InChI is InChI=1S/C17H24F3N3O3/c1-16(2,12-23(10-6-9-21)14(24)17(18,19)20)22-15(25)26-11-13-7-4-3-5-8-13/h3-5,7-8H,6,9-12,21H2,1-2H3,(H,22,25). The Morgan fingerprint density at radius 2 is 1.81 bits per heavy atom. The van der Waals surface area contributed by atoms with Gasteiger partial charge in [0.2, 0.25) is 0 Å². The number of carbonyl (C=O) groups is 2. The molecule has 0 aromatic heterocycles. The third-order valence-electron chi connectivity index (χ3n) is 3.40. The van der Waals surface area contributed by atoms with Gasteiger partial charge in [-0.3, -0.25) is 4.79 Å². The third kappa shape index (κ3) is 7.73. The molecule has 1 aromatic carbocycles. The van der Waals surface area contributed by atoms with Gasteiger partial charge in [0.1, 0.15) is 6.61 Å². The molecule has 2 amide bonds. The fourth-order valence-corrected chi connectivity index (χ4v) is 2.27. The van der Waals surface area contributed by atoms with Crippen molar-refractivity contribution in [1.82, 2.24) is 10.2 Å². The second kappa shape index (κ2) is 9.42. The van der Waals surface area contributed by atoms with E-state index in [1.165, 1.54) is 13.8 Å². The van der Waals surface area contributed by atoms with Crippen LogP contribution in [0.1, 0.15) is 25.8 Å². The summed E-state index contributed by atoms with van der Waals surface area (Å²) >= 11 is 0. The molecule has 0 unspecified atom stereocenters. The molecular weight excluding hydrogens is 351 g/mol. The van der Waals surface area contributed by atoms with Crippen LogP contribution in [-0.2, 0) is 16.1 Å². The minimum atomic E-state index is -4.99. The highest BCUT2D eigenvalue weighted by molar-refractivity contribution is 5.82. The monoisotopic (exact) mass is 375 g/mol. The molecule has 0 spiro atoms. The van der Waals surface area contributed by atoms with Crippen LogP contribution in [0.25, 0.3) is 0 Å². The Bertz CT molecular complexity index is 592. The number of hydrogen-bond acceptors (Lipinski definition) is 4. The first-order valence-corrected chi connectivity index (χ1v) is 8.10. The number of hydrogen-bond donors (Lipinski definition) is 2. The van der Waals surface area contributed by atoms with Gasteiger partial charge in [-0.1, -0.05) is 30.3 Å². The van der Waals surface area contributed by atoms with Gasteiger partial charge in [-0.15, -0.1) is 0 Å². The van der Waals surface area contributed by atoms with Crippen LogP contribution in [0, 0.1) is 0 Å². The maximum Gasteiger partial charge on any atom is 0.471 e. The second-order valence-electron chi connectivity index (χ2n) is 6.44. The first-order valence-electron chi connectivity index (χ1n) is 8.10. The van der Waals surface area contributed by atoms with Crippen LogP contribution in [-0.4, -0.2) is 48.2 Å². The fraction of sp³-hybridized carbons (Fsp3) is 0.529. The van der Waals surface area contributed by atoms with E-state index >= 15 is 0 Å². The molecule has 1 rings (SSSR count). The van der Waals surface area contributed by atoms with E-state index in [1.54, 1.807) is 24.3 Å². The van der Waals surface area contributed by atoms with Crippen LogP contribution in [0.5, 0.6) is 0 Å². The Morgan fingerprint density at radius 3 is 2.35 bits per heavy atom. The zero-order chi connectivity index (χ0) is 19.8.